The largest absolute Gasteiger partial charge is 0.294 e. The molecule has 4 heteroatoms. The monoisotopic (exact) mass is 229 g/mol. The lowest BCUT2D eigenvalue weighted by atomic mass is 10.0. The van der Waals surface area contributed by atoms with Crippen molar-refractivity contribution in [3.05, 3.63) is 47.0 Å². The Bertz CT molecular complexity index is 558. The van der Waals surface area contributed by atoms with Gasteiger partial charge in [0.1, 0.15) is 0 Å². The summed E-state index contributed by atoms with van der Waals surface area (Å²) in [6.07, 6.45) is 3.95. The van der Waals surface area contributed by atoms with E-state index in [4.69, 9.17) is 0 Å². The third kappa shape index (κ3) is 2.58. The Morgan fingerprint density at radius 2 is 2.12 bits per heavy atom. The van der Waals surface area contributed by atoms with Crippen molar-refractivity contribution in [1.29, 1.82) is 0 Å². The lowest BCUT2D eigenvalue weighted by Crippen LogP contribution is -2.07. The Labute approximate surface area is 100 Å². The molecule has 2 aromatic heterocycles. The second-order valence-electron chi connectivity index (χ2n) is 4.21. The van der Waals surface area contributed by atoms with Gasteiger partial charge < -0.3 is 0 Å². The number of hydrogen-bond donors (Lipinski definition) is 0. The first kappa shape index (κ1) is 11.5. The van der Waals surface area contributed by atoms with Crippen molar-refractivity contribution < 1.29 is 4.79 Å². The molecule has 0 amide bonds. The molecule has 0 unspecified atom stereocenters. The van der Waals surface area contributed by atoms with Crippen molar-refractivity contribution >= 4 is 5.78 Å². The van der Waals surface area contributed by atoms with Crippen molar-refractivity contribution in [3.8, 4) is 0 Å². The molecular formula is C13H15N3O. The lowest BCUT2D eigenvalue weighted by molar-refractivity contribution is 0.0992. The highest BCUT2D eigenvalue weighted by atomic mass is 16.1. The summed E-state index contributed by atoms with van der Waals surface area (Å²) in [6, 6.07) is 3.71. The van der Waals surface area contributed by atoms with Crippen molar-refractivity contribution in [2.45, 2.75) is 20.3 Å². The number of aryl methyl sites for hydroxylation is 3. The predicted octanol–water partition coefficient (Wildman–Crippen LogP) is 1.86. The molecule has 0 saturated heterocycles. The van der Waals surface area contributed by atoms with Gasteiger partial charge in [-0.25, -0.2) is 0 Å². The fraction of sp³-hybridized carbons (Fsp3) is 0.308. The molecular weight excluding hydrogens is 214 g/mol. The zero-order chi connectivity index (χ0) is 12.4. The average molecular weight is 229 g/mol. The molecule has 2 heterocycles. The molecule has 0 aliphatic carbocycles. The van der Waals surface area contributed by atoms with Crippen LogP contribution in [-0.2, 0) is 13.5 Å². The van der Waals surface area contributed by atoms with Gasteiger partial charge in [-0.05, 0) is 31.5 Å². The molecule has 0 spiro atoms. The van der Waals surface area contributed by atoms with Crippen LogP contribution in [0.3, 0.4) is 0 Å². The number of rotatable bonds is 3. The van der Waals surface area contributed by atoms with Crippen LogP contribution in [0.15, 0.2) is 24.5 Å². The molecule has 0 fully saturated rings. The normalized spacial score (nSPS) is 10.5. The van der Waals surface area contributed by atoms with Crippen LogP contribution in [-0.4, -0.2) is 20.5 Å². The van der Waals surface area contributed by atoms with E-state index in [0.29, 0.717) is 12.0 Å². The van der Waals surface area contributed by atoms with Gasteiger partial charge in [-0.1, -0.05) is 0 Å². The van der Waals surface area contributed by atoms with Crippen molar-refractivity contribution in [1.82, 2.24) is 14.8 Å². The van der Waals surface area contributed by atoms with Gasteiger partial charge in [-0.2, -0.15) is 5.10 Å². The van der Waals surface area contributed by atoms with Crippen LogP contribution in [0, 0.1) is 13.8 Å². The van der Waals surface area contributed by atoms with Gasteiger partial charge in [0.2, 0.25) is 0 Å². The van der Waals surface area contributed by atoms with E-state index >= 15 is 0 Å². The molecule has 2 aromatic rings. The maximum absolute atomic E-state index is 12.1. The number of ketones is 1. The summed E-state index contributed by atoms with van der Waals surface area (Å²) in [4.78, 5) is 16.4. The zero-order valence-corrected chi connectivity index (χ0v) is 10.3. The van der Waals surface area contributed by atoms with Crippen LogP contribution in [0.25, 0.3) is 0 Å². The molecule has 2 rings (SSSR count). The quantitative estimate of drug-likeness (QED) is 0.755. The van der Waals surface area contributed by atoms with E-state index in [-0.39, 0.29) is 5.78 Å². The molecule has 0 aliphatic heterocycles. The summed E-state index contributed by atoms with van der Waals surface area (Å²) in [5, 5.41) is 4.05. The summed E-state index contributed by atoms with van der Waals surface area (Å²) in [5.74, 6) is 0.0861. The standard InChI is InChI=1S/C13H15N3O/c1-9-4-5-12(10(2)15-9)13(17)6-11-7-14-16(3)8-11/h4-5,7-8H,6H2,1-3H3. The minimum atomic E-state index is 0.0861. The minimum Gasteiger partial charge on any atom is -0.294 e. The smallest absolute Gasteiger partial charge is 0.169 e. The lowest BCUT2D eigenvalue weighted by Gasteiger charge is -2.04. The molecule has 0 N–H and O–H groups in total. The van der Waals surface area contributed by atoms with E-state index in [1.165, 1.54) is 0 Å². The van der Waals surface area contributed by atoms with Gasteiger partial charge in [-0.15, -0.1) is 0 Å². The van der Waals surface area contributed by atoms with E-state index in [1.807, 2.05) is 39.2 Å². The molecule has 0 radical (unpaired) electrons. The number of carbonyl (C=O) groups excluding carboxylic acids is 1. The maximum atomic E-state index is 12.1. The van der Waals surface area contributed by atoms with Crippen LogP contribution < -0.4 is 0 Å². The molecule has 0 aromatic carbocycles. The minimum absolute atomic E-state index is 0.0861. The average Bonchev–Trinajstić information content (AvgIpc) is 2.63. The fourth-order valence-corrected chi connectivity index (χ4v) is 1.83. The first-order valence-corrected chi connectivity index (χ1v) is 5.51. The van der Waals surface area contributed by atoms with Crippen LogP contribution in [0.4, 0.5) is 0 Å². The summed E-state index contributed by atoms with van der Waals surface area (Å²) in [6.45, 7) is 3.78. The van der Waals surface area contributed by atoms with Gasteiger partial charge >= 0.3 is 0 Å². The third-order valence-corrected chi connectivity index (χ3v) is 2.65. The first-order valence-electron chi connectivity index (χ1n) is 5.51. The van der Waals surface area contributed by atoms with Gasteiger partial charge in [0.15, 0.2) is 5.78 Å². The van der Waals surface area contributed by atoms with E-state index < -0.39 is 0 Å². The van der Waals surface area contributed by atoms with Crippen molar-refractivity contribution in [2.75, 3.05) is 0 Å². The maximum Gasteiger partial charge on any atom is 0.169 e. The second-order valence-corrected chi connectivity index (χ2v) is 4.21. The van der Waals surface area contributed by atoms with Crippen molar-refractivity contribution in [2.24, 2.45) is 7.05 Å². The molecule has 0 saturated carbocycles. The number of nitrogens with zero attached hydrogens (tertiary/aromatic N) is 3. The summed E-state index contributed by atoms with van der Waals surface area (Å²) < 4.78 is 1.70. The van der Waals surface area contributed by atoms with Gasteiger partial charge in [0.25, 0.3) is 0 Å². The molecule has 0 aliphatic rings. The SMILES string of the molecule is Cc1ccc(C(=O)Cc2cnn(C)c2)c(C)n1. The van der Waals surface area contributed by atoms with Crippen LogP contribution in [0.5, 0.6) is 0 Å². The summed E-state index contributed by atoms with van der Waals surface area (Å²) in [7, 11) is 1.84. The molecule has 4 nitrogen and oxygen atoms in total. The Kier molecular flexibility index (Phi) is 3.04. The zero-order valence-electron chi connectivity index (χ0n) is 10.3. The highest BCUT2D eigenvalue weighted by Gasteiger charge is 2.11. The highest BCUT2D eigenvalue weighted by Crippen LogP contribution is 2.10. The van der Waals surface area contributed by atoms with Crippen LogP contribution in [0.2, 0.25) is 0 Å². The highest BCUT2D eigenvalue weighted by molar-refractivity contribution is 5.98. The number of aromatic nitrogens is 3. The Balaban J connectivity index is 2.20. The first-order chi connectivity index (χ1) is 8.06. The third-order valence-electron chi connectivity index (χ3n) is 2.65. The molecule has 17 heavy (non-hydrogen) atoms. The number of pyridine rings is 1. The molecule has 88 valence electrons. The molecule has 0 atom stereocenters. The van der Waals surface area contributed by atoms with Crippen LogP contribution >= 0.6 is 0 Å². The van der Waals surface area contributed by atoms with Gasteiger partial charge in [0, 0.05) is 36.6 Å². The van der Waals surface area contributed by atoms with E-state index in [9.17, 15) is 4.79 Å². The summed E-state index contributed by atoms with van der Waals surface area (Å²) in [5.41, 5.74) is 3.34. The second kappa shape index (κ2) is 4.49. The molecule has 0 bridgehead atoms. The Morgan fingerprint density at radius 1 is 1.35 bits per heavy atom. The fourth-order valence-electron chi connectivity index (χ4n) is 1.83. The van der Waals surface area contributed by atoms with Crippen LogP contribution in [0.1, 0.15) is 27.3 Å². The number of carbonyl (C=O) groups is 1. The van der Waals surface area contributed by atoms with Gasteiger partial charge in [0.05, 0.1) is 6.20 Å². The number of hydrogen-bond acceptors (Lipinski definition) is 3. The van der Waals surface area contributed by atoms with E-state index in [1.54, 1.807) is 10.9 Å². The topological polar surface area (TPSA) is 47.8 Å². The van der Waals surface area contributed by atoms with Crippen molar-refractivity contribution in [3.63, 3.8) is 0 Å². The van der Waals surface area contributed by atoms with E-state index in [2.05, 4.69) is 10.1 Å². The van der Waals surface area contributed by atoms with E-state index in [0.717, 1.165) is 17.0 Å². The Hall–Kier alpha value is -1.97. The Morgan fingerprint density at radius 3 is 2.71 bits per heavy atom. The predicted molar refractivity (Wildman–Crippen MR) is 65.0 cm³/mol. The summed E-state index contributed by atoms with van der Waals surface area (Å²) >= 11 is 0. The number of Topliss-reactive ketones (excluding diaryl/α,β-unsaturated/α-hetero) is 1. The van der Waals surface area contributed by atoms with Gasteiger partial charge in [-0.3, -0.25) is 14.5 Å².